The molecule has 29 heavy (non-hydrogen) atoms. The first-order chi connectivity index (χ1) is 13.6. The molecule has 0 spiro atoms. The van der Waals surface area contributed by atoms with E-state index >= 15 is 0 Å². The van der Waals surface area contributed by atoms with Crippen molar-refractivity contribution < 1.29 is 29.0 Å². The summed E-state index contributed by atoms with van der Waals surface area (Å²) in [5.41, 5.74) is 1.91. The van der Waals surface area contributed by atoms with Crippen LogP contribution in [0.15, 0.2) is 30.5 Å². The number of para-hydroxylation sites is 1. The van der Waals surface area contributed by atoms with E-state index in [2.05, 4.69) is 15.6 Å². The Morgan fingerprint density at radius 3 is 2.48 bits per heavy atom. The number of aromatic amines is 1. The fourth-order valence-electron chi connectivity index (χ4n) is 3.15. The molecule has 1 aromatic heterocycles. The summed E-state index contributed by atoms with van der Waals surface area (Å²) >= 11 is 0. The Hall–Kier alpha value is -2.19. The number of hydrogen-bond donors (Lipinski definition) is 6. The molecule has 0 aliphatic rings. The molecule has 2 rings (SSSR count). The molecule has 9 nitrogen and oxygen atoms in total. The summed E-state index contributed by atoms with van der Waals surface area (Å²) in [5, 5.41) is 15.6. The highest BCUT2D eigenvalue weighted by molar-refractivity contribution is 7.51. The molecule has 160 valence electrons. The zero-order chi connectivity index (χ0) is 21.6. The number of carbonyl (C=O) groups excluding carboxylic acids is 1. The van der Waals surface area contributed by atoms with Gasteiger partial charge in [-0.05, 0) is 36.8 Å². The van der Waals surface area contributed by atoms with Crippen molar-refractivity contribution >= 4 is 30.4 Å². The zero-order valence-corrected chi connectivity index (χ0v) is 17.4. The predicted molar refractivity (Wildman–Crippen MR) is 109 cm³/mol. The average molecular weight is 425 g/mol. The highest BCUT2D eigenvalue weighted by atomic mass is 31.2. The minimum atomic E-state index is -4.34. The van der Waals surface area contributed by atoms with E-state index in [4.69, 9.17) is 9.79 Å². The number of fused-ring (bicyclic) bond motifs is 1. The summed E-state index contributed by atoms with van der Waals surface area (Å²) in [6, 6.07) is 5.68. The number of nitrogens with one attached hydrogen (secondary N) is 3. The van der Waals surface area contributed by atoms with Crippen molar-refractivity contribution in [2.45, 2.75) is 45.2 Å². The van der Waals surface area contributed by atoms with Gasteiger partial charge in [-0.2, -0.15) is 0 Å². The number of aromatic nitrogens is 1. The van der Waals surface area contributed by atoms with Crippen LogP contribution < -0.4 is 10.6 Å². The summed E-state index contributed by atoms with van der Waals surface area (Å²) in [6.07, 6.45) is 2.14. The second kappa shape index (κ2) is 10.0. The lowest BCUT2D eigenvalue weighted by molar-refractivity contribution is -0.142. The molecule has 2 atom stereocenters. The number of aliphatic carboxylic acids is 1. The number of carbonyl (C=O) groups is 2. The van der Waals surface area contributed by atoms with Gasteiger partial charge in [0.15, 0.2) is 0 Å². The van der Waals surface area contributed by atoms with E-state index in [-0.39, 0.29) is 12.3 Å². The van der Waals surface area contributed by atoms with Crippen molar-refractivity contribution in [2.24, 2.45) is 5.92 Å². The van der Waals surface area contributed by atoms with Crippen molar-refractivity contribution in [2.75, 3.05) is 6.29 Å². The van der Waals surface area contributed by atoms with Crippen LogP contribution >= 0.6 is 7.60 Å². The molecule has 0 saturated carbocycles. The topological polar surface area (TPSA) is 152 Å². The lowest BCUT2D eigenvalue weighted by atomic mass is 10.0. The smallest absolute Gasteiger partial charge is 0.339 e. The Kier molecular flexibility index (Phi) is 7.98. The number of aryl methyl sites for hydroxylation is 1. The number of carboxylic acids is 1. The zero-order valence-electron chi connectivity index (χ0n) is 16.5. The van der Waals surface area contributed by atoms with E-state index in [1.807, 2.05) is 44.3 Å². The molecule has 10 heteroatoms. The molecule has 6 N–H and O–H groups in total. The third-order valence-electron chi connectivity index (χ3n) is 4.56. The number of hydrogen-bond acceptors (Lipinski definition) is 4. The lowest BCUT2D eigenvalue weighted by Crippen LogP contribution is -2.51. The molecule has 1 heterocycles. The lowest BCUT2D eigenvalue weighted by Gasteiger charge is -2.23. The van der Waals surface area contributed by atoms with Crippen LogP contribution in [0.2, 0.25) is 0 Å². The van der Waals surface area contributed by atoms with Crippen molar-refractivity contribution in [1.82, 2.24) is 15.6 Å². The SMILES string of the molecule is CC(C)C[C@H](NCP(=O)(O)O)C(=O)NC(CCc1c[nH]c2ccccc12)C(=O)O. The van der Waals surface area contributed by atoms with E-state index in [0.717, 1.165) is 16.5 Å². The van der Waals surface area contributed by atoms with Crippen LogP contribution in [0.3, 0.4) is 0 Å². The molecule has 1 aromatic carbocycles. The number of benzene rings is 1. The van der Waals surface area contributed by atoms with Crippen molar-refractivity contribution in [3.8, 4) is 0 Å². The van der Waals surface area contributed by atoms with Gasteiger partial charge in [0, 0.05) is 17.1 Å². The van der Waals surface area contributed by atoms with Crippen LogP contribution in [0.5, 0.6) is 0 Å². The fourth-order valence-corrected chi connectivity index (χ4v) is 3.61. The molecule has 0 bridgehead atoms. The Balaban J connectivity index is 2.03. The first-order valence-electron chi connectivity index (χ1n) is 9.43. The van der Waals surface area contributed by atoms with Crippen LogP contribution in [0.1, 0.15) is 32.3 Å². The minimum Gasteiger partial charge on any atom is -0.480 e. The third kappa shape index (κ3) is 7.29. The second-order valence-corrected chi connectivity index (χ2v) is 9.15. The van der Waals surface area contributed by atoms with E-state index in [9.17, 15) is 19.3 Å². The largest absolute Gasteiger partial charge is 0.480 e. The Morgan fingerprint density at radius 1 is 1.17 bits per heavy atom. The molecule has 0 radical (unpaired) electrons. The van der Waals surface area contributed by atoms with Gasteiger partial charge in [0.25, 0.3) is 0 Å². The summed E-state index contributed by atoms with van der Waals surface area (Å²) in [4.78, 5) is 45.5. The Labute approximate surface area is 169 Å². The van der Waals surface area contributed by atoms with Gasteiger partial charge in [-0.25, -0.2) is 4.79 Å². The van der Waals surface area contributed by atoms with Crippen LogP contribution in [0.25, 0.3) is 10.9 Å². The summed E-state index contributed by atoms with van der Waals surface area (Å²) in [5.74, 6) is -1.67. The Morgan fingerprint density at radius 2 is 1.86 bits per heavy atom. The molecular weight excluding hydrogens is 397 g/mol. The van der Waals surface area contributed by atoms with Crippen molar-refractivity contribution in [3.05, 3.63) is 36.0 Å². The van der Waals surface area contributed by atoms with Crippen LogP contribution in [0.4, 0.5) is 0 Å². The van der Waals surface area contributed by atoms with Crippen LogP contribution in [-0.4, -0.2) is 50.1 Å². The number of rotatable bonds is 11. The second-order valence-electron chi connectivity index (χ2n) is 7.51. The normalized spacial score (nSPS) is 14.1. The van der Waals surface area contributed by atoms with E-state index < -0.39 is 37.8 Å². The highest BCUT2D eigenvalue weighted by Gasteiger charge is 2.27. The molecule has 1 amide bonds. The molecular formula is C19H28N3O6P. The van der Waals surface area contributed by atoms with Gasteiger partial charge in [0.2, 0.25) is 5.91 Å². The number of amides is 1. The average Bonchev–Trinajstić information content (AvgIpc) is 3.04. The predicted octanol–water partition coefficient (Wildman–Crippen LogP) is 1.81. The highest BCUT2D eigenvalue weighted by Crippen LogP contribution is 2.32. The van der Waals surface area contributed by atoms with Gasteiger partial charge < -0.3 is 25.2 Å². The third-order valence-corrected chi connectivity index (χ3v) is 5.15. The quantitative estimate of drug-likeness (QED) is 0.300. The Bertz CT molecular complexity index is 891. The molecule has 0 saturated heterocycles. The van der Waals surface area contributed by atoms with Crippen LogP contribution in [-0.2, 0) is 20.6 Å². The van der Waals surface area contributed by atoms with Gasteiger partial charge in [0.05, 0.1) is 12.3 Å². The van der Waals surface area contributed by atoms with Gasteiger partial charge >= 0.3 is 13.6 Å². The van der Waals surface area contributed by atoms with E-state index in [1.165, 1.54) is 0 Å². The molecule has 2 aromatic rings. The number of H-pyrrole nitrogens is 1. The van der Waals surface area contributed by atoms with Gasteiger partial charge in [0.1, 0.15) is 6.04 Å². The van der Waals surface area contributed by atoms with Crippen molar-refractivity contribution in [3.63, 3.8) is 0 Å². The van der Waals surface area contributed by atoms with Gasteiger partial charge in [-0.1, -0.05) is 32.0 Å². The van der Waals surface area contributed by atoms with Gasteiger partial charge in [-0.15, -0.1) is 0 Å². The van der Waals surface area contributed by atoms with Crippen LogP contribution in [0, 0.1) is 5.92 Å². The van der Waals surface area contributed by atoms with Gasteiger partial charge in [-0.3, -0.25) is 14.7 Å². The maximum absolute atomic E-state index is 12.6. The fraction of sp³-hybridized carbons (Fsp3) is 0.474. The molecule has 0 aliphatic carbocycles. The van der Waals surface area contributed by atoms with E-state index in [0.29, 0.717) is 12.8 Å². The molecule has 0 aliphatic heterocycles. The number of carboxylic acid groups (broad SMARTS) is 1. The summed E-state index contributed by atoms with van der Waals surface area (Å²) in [6.45, 7) is 3.73. The van der Waals surface area contributed by atoms with E-state index in [1.54, 1.807) is 0 Å². The minimum absolute atomic E-state index is 0.0736. The first kappa shape index (κ1) is 23.1. The maximum Gasteiger partial charge on any atom is 0.339 e. The molecule has 1 unspecified atom stereocenters. The summed E-state index contributed by atoms with van der Waals surface area (Å²) < 4.78 is 11.1. The molecule has 0 fully saturated rings. The van der Waals surface area contributed by atoms with Crippen molar-refractivity contribution in [1.29, 1.82) is 0 Å². The monoisotopic (exact) mass is 425 g/mol. The maximum atomic E-state index is 12.6. The standard InChI is InChI=1S/C19H28N3O6P/c1-12(2)9-17(21-11-29(26,27)28)18(23)22-16(19(24)25)8-7-13-10-20-15-6-4-3-5-14(13)15/h3-6,10,12,16-17,20-21H,7-9,11H2,1-2H3,(H,22,23)(H,24,25)(H2,26,27,28)/t16?,17-/m0/s1. The first-order valence-corrected chi connectivity index (χ1v) is 11.2. The summed E-state index contributed by atoms with van der Waals surface area (Å²) in [7, 11) is -4.34.